The first-order valence-electron chi connectivity index (χ1n) is 8.44. The van der Waals surface area contributed by atoms with Crippen molar-refractivity contribution >= 4 is 5.91 Å². The molecule has 5 nitrogen and oxygen atoms in total. The van der Waals surface area contributed by atoms with Crippen LogP contribution in [0.1, 0.15) is 29.6 Å². The topological polar surface area (TPSA) is 52.2 Å². The number of imidazole rings is 1. The second-order valence-electron chi connectivity index (χ2n) is 6.46. The highest BCUT2D eigenvalue weighted by molar-refractivity contribution is 5.95. The van der Waals surface area contributed by atoms with Gasteiger partial charge in [0.15, 0.2) is 0 Å². The number of fused-ring (bicyclic) bond motifs is 1. The Bertz CT molecular complexity index is 682. The van der Waals surface area contributed by atoms with Gasteiger partial charge in [-0.05, 0) is 31.5 Å². The van der Waals surface area contributed by atoms with Crippen LogP contribution in [-0.2, 0) is 0 Å². The van der Waals surface area contributed by atoms with E-state index in [1.165, 1.54) is 25.8 Å². The normalized spacial score (nSPS) is 21.9. The first-order valence-corrected chi connectivity index (χ1v) is 8.44. The summed E-state index contributed by atoms with van der Waals surface area (Å²) in [6, 6.07) is 8.31. The minimum Gasteiger partial charge on any atom is -0.345 e. The molecule has 2 aliphatic rings. The van der Waals surface area contributed by atoms with Crippen molar-refractivity contribution in [1.29, 1.82) is 0 Å². The largest absolute Gasteiger partial charge is 0.345 e. The molecule has 3 heterocycles. The van der Waals surface area contributed by atoms with Crippen LogP contribution in [0.4, 0.5) is 0 Å². The first kappa shape index (κ1) is 14.5. The van der Waals surface area contributed by atoms with Crippen molar-refractivity contribution in [2.24, 2.45) is 0 Å². The Balaban J connectivity index is 1.52. The van der Waals surface area contributed by atoms with Crippen LogP contribution in [-0.4, -0.2) is 57.9 Å². The fraction of sp³-hybridized carbons (Fsp3) is 0.444. The van der Waals surface area contributed by atoms with Gasteiger partial charge in [-0.3, -0.25) is 9.69 Å². The second-order valence-corrected chi connectivity index (χ2v) is 6.46. The third-order valence-corrected chi connectivity index (χ3v) is 5.01. The van der Waals surface area contributed by atoms with Gasteiger partial charge in [0.25, 0.3) is 5.91 Å². The number of piperazine rings is 1. The molecule has 0 radical (unpaired) electrons. The lowest BCUT2D eigenvalue weighted by molar-refractivity contribution is 0.0372. The number of carbonyl (C=O) groups excluding carboxylic acids is 1. The van der Waals surface area contributed by atoms with Crippen molar-refractivity contribution in [3.63, 3.8) is 0 Å². The van der Waals surface area contributed by atoms with Crippen molar-refractivity contribution in [2.45, 2.75) is 25.3 Å². The molecule has 1 aromatic carbocycles. The van der Waals surface area contributed by atoms with E-state index in [-0.39, 0.29) is 5.91 Å². The molecule has 120 valence electrons. The summed E-state index contributed by atoms with van der Waals surface area (Å²) in [6.45, 7) is 3.90. The molecular weight excluding hydrogens is 288 g/mol. The molecule has 1 N–H and O–H groups in total. The Morgan fingerprint density at radius 3 is 3.04 bits per heavy atom. The summed E-state index contributed by atoms with van der Waals surface area (Å²) >= 11 is 0. The first-order chi connectivity index (χ1) is 11.3. The number of carbonyl (C=O) groups is 1. The summed E-state index contributed by atoms with van der Waals surface area (Å²) in [6.07, 6.45) is 7.33. The number of hydrogen-bond donors (Lipinski definition) is 1. The van der Waals surface area contributed by atoms with E-state index in [2.05, 4.69) is 14.9 Å². The molecule has 2 saturated heterocycles. The minimum atomic E-state index is 0.142. The molecule has 2 aromatic rings. The van der Waals surface area contributed by atoms with Crippen LogP contribution in [0.2, 0.25) is 0 Å². The molecule has 5 heteroatoms. The number of aromatic nitrogens is 2. The van der Waals surface area contributed by atoms with Crippen molar-refractivity contribution < 1.29 is 4.79 Å². The van der Waals surface area contributed by atoms with Gasteiger partial charge in [0.2, 0.25) is 0 Å². The predicted octanol–water partition coefficient (Wildman–Crippen LogP) is 2.39. The highest BCUT2D eigenvalue weighted by Crippen LogP contribution is 2.23. The van der Waals surface area contributed by atoms with Gasteiger partial charge in [-0.15, -0.1) is 0 Å². The number of nitrogens with one attached hydrogen (secondary N) is 1. The Labute approximate surface area is 136 Å². The van der Waals surface area contributed by atoms with E-state index in [1.807, 2.05) is 29.2 Å². The molecule has 1 amide bonds. The van der Waals surface area contributed by atoms with Crippen molar-refractivity contribution in [2.75, 3.05) is 26.2 Å². The minimum absolute atomic E-state index is 0.142. The number of H-pyrrole nitrogens is 1. The van der Waals surface area contributed by atoms with Crippen molar-refractivity contribution in [1.82, 2.24) is 19.8 Å². The summed E-state index contributed by atoms with van der Waals surface area (Å²) < 4.78 is 0. The van der Waals surface area contributed by atoms with E-state index in [0.29, 0.717) is 6.04 Å². The Morgan fingerprint density at radius 1 is 1.22 bits per heavy atom. The standard InChI is InChI=1S/C18H22N4O/c23-18(22-11-10-21-9-2-1-6-16(21)13-22)15-5-3-4-14(12-15)17-19-7-8-20-17/h3-5,7-8,12,16H,1-2,6,9-11,13H2,(H,19,20)/t16-/m0/s1. The molecule has 4 rings (SSSR count). The van der Waals surface area contributed by atoms with E-state index >= 15 is 0 Å². The third kappa shape index (κ3) is 2.88. The SMILES string of the molecule is O=C(c1cccc(-c2ncc[nH]2)c1)N1CCN2CCCC[C@H]2C1. The number of rotatable bonds is 2. The van der Waals surface area contributed by atoms with Crippen LogP contribution < -0.4 is 0 Å². The van der Waals surface area contributed by atoms with E-state index in [9.17, 15) is 4.79 Å². The summed E-state index contributed by atoms with van der Waals surface area (Å²) in [5.74, 6) is 0.945. The second kappa shape index (κ2) is 6.16. The van der Waals surface area contributed by atoms with Gasteiger partial charge < -0.3 is 9.88 Å². The van der Waals surface area contributed by atoms with E-state index in [1.54, 1.807) is 12.4 Å². The quantitative estimate of drug-likeness (QED) is 0.926. The number of amides is 1. The molecule has 1 aromatic heterocycles. The highest BCUT2D eigenvalue weighted by atomic mass is 16.2. The zero-order chi connectivity index (χ0) is 15.6. The zero-order valence-electron chi connectivity index (χ0n) is 13.2. The van der Waals surface area contributed by atoms with Crippen LogP contribution in [0.25, 0.3) is 11.4 Å². The predicted molar refractivity (Wildman–Crippen MR) is 89.1 cm³/mol. The van der Waals surface area contributed by atoms with Crippen LogP contribution >= 0.6 is 0 Å². The summed E-state index contributed by atoms with van der Waals surface area (Å²) in [5.41, 5.74) is 1.71. The number of piperidine rings is 1. The van der Waals surface area contributed by atoms with Gasteiger partial charge in [0, 0.05) is 49.2 Å². The number of nitrogens with zero attached hydrogens (tertiary/aromatic N) is 3. The lowest BCUT2D eigenvalue weighted by Gasteiger charge is -2.44. The third-order valence-electron chi connectivity index (χ3n) is 5.01. The van der Waals surface area contributed by atoms with Gasteiger partial charge in [-0.25, -0.2) is 4.98 Å². The van der Waals surface area contributed by atoms with Gasteiger partial charge in [0.05, 0.1) is 0 Å². The highest BCUT2D eigenvalue weighted by Gasteiger charge is 2.31. The number of benzene rings is 1. The van der Waals surface area contributed by atoms with Crippen LogP contribution in [0, 0.1) is 0 Å². The molecule has 0 spiro atoms. The Kier molecular flexibility index (Phi) is 3.87. The fourth-order valence-corrected chi connectivity index (χ4v) is 3.75. The maximum atomic E-state index is 12.9. The number of hydrogen-bond acceptors (Lipinski definition) is 3. The molecule has 0 saturated carbocycles. The molecule has 0 unspecified atom stereocenters. The lowest BCUT2D eigenvalue weighted by Crippen LogP contribution is -2.56. The summed E-state index contributed by atoms with van der Waals surface area (Å²) in [4.78, 5) is 24.8. The molecule has 23 heavy (non-hydrogen) atoms. The van der Waals surface area contributed by atoms with Crippen molar-refractivity contribution in [3.05, 3.63) is 42.2 Å². The number of aromatic amines is 1. The zero-order valence-corrected chi connectivity index (χ0v) is 13.2. The Morgan fingerprint density at radius 2 is 2.17 bits per heavy atom. The molecule has 2 aliphatic heterocycles. The van der Waals surface area contributed by atoms with Gasteiger partial charge in [-0.1, -0.05) is 18.6 Å². The molecule has 2 fully saturated rings. The maximum absolute atomic E-state index is 12.9. The van der Waals surface area contributed by atoms with Gasteiger partial charge in [0.1, 0.15) is 5.82 Å². The van der Waals surface area contributed by atoms with E-state index in [0.717, 1.165) is 36.6 Å². The fourth-order valence-electron chi connectivity index (χ4n) is 3.75. The molecule has 0 aliphatic carbocycles. The Hall–Kier alpha value is -2.14. The molecular formula is C18H22N4O. The lowest BCUT2D eigenvalue weighted by atomic mass is 9.99. The van der Waals surface area contributed by atoms with E-state index < -0.39 is 0 Å². The van der Waals surface area contributed by atoms with Crippen LogP contribution in [0.5, 0.6) is 0 Å². The van der Waals surface area contributed by atoms with Crippen LogP contribution in [0.3, 0.4) is 0 Å². The monoisotopic (exact) mass is 310 g/mol. The van der Waals surface area contributed by atoms with Crippen molar-refractivity contribution in [3.8, 4) is 11.4 Å². The smallest absolute Gasteiger partial charge is 0.253 e. The van der Waals surface area contributed by atoms with E-state index in [4.69, 9.17) is 0 Å². The van der Waals surface area contributed by atoms with Gasteiger partial charge in [-0.2, -0.15) is 0 Å². The summed E-state index contributed by atoms with van der Waals surface area (Å²) in [7, 11) is 0. The average molecular weight is 310 g/mol. The maximum Gasteiger partial charge on any atom is 0.253 e. The molecule has 1 atom stereocenters. The van der Waals surface area contributed by atoms with Crippen LogP contribution in [0.15, 0.2) is 36.7 Å². The average Bonchev–Trinajstić information content (AvgIpc) is 3.15. The molecule has 0 bridgehead atoms. The summed E-state index contributed by atoms with van der Waals surface area (Å²) in [5, 5.41) is 0. The van der Waals surface area contributed by atoms with Gasteiger partial charge >= 0.3 is 0 Å².